The lowest BCUT2D eigenvalue weighted by Crippen LogP contribution is -2.12. The van der Waals surface area contributed by atoms with Crippen LogP contribution in [0.2, 0.25) is 0 Å². The Hall–Kier alpha value is -1.97. The fourth-order valence-corrected chi connectivity index (χ4v) is 1.88. The van der Waals surface area contributed by atoms with Crippen LogP contribution in [0.25, 0.3) is 10.9 Å². The minimum atomic E-state index is -0.342. The number of benzene rings is 1. The summed E-state index contributed by atoms with van der Waals surface area (Å²) < 4.78 is 4.99. The number of nitrogens with one attached hydrogen (secondary N) is 1. The van der Waals surface area contributed by atoms with Crippen LogP contribution < -0.4 is 0 Å². The molecule has 0 aliphatic rings. The molecule has 0 bridgehead atoms. The van der Waals surface area contributed by atoms with Gasteiger partial charge in [0.05, 0.1) is 12.5 Å². The lowest BCUT2D eigenvalue weighted by atomic mass is 10.0. The highest BCUT2D eigenvalue weighted by Gasteiger charge is 2.19. The molecule has 0 amide bonds. The summed E-state index contributed by atoms with van der Waals surface area (Å²) in [6, 6.07) is 5.04. The molecule has 4 heteroatoms. The molecule has 2 aromatic rings. The summed E-state index contributed by atoms with van der Waals surface area (Å²) in [5.74, 6) is -0.406. The van der Waals surface area contributed by atoms with E-state index < -0.39 is 0 Å². The Morgan fingerprint density at radius 2 is 2.29 bits per heavy atom. The van der Waals surface area contributed by atoms with E-state index in [2.05, 4.69) is 4.98 Å². The monoisotopic (exact) mass is 233 g/mol. The highest BCUT2D eigenvalue weighted by molar-refractivity contribution is 5.90. The number of esters is 1. The van der Waals surface area contributed by atoms with Crippen LogP contribution in [0.4, 0.5) is 0 Å². The van der Waals surface area contributed by atoms with E-state index in [1.807, 2.05) is 0 Å². The van der Waals surface area contributed by atoms with Crippen LogP contribution in [0, 0.1) is 0 Å². The zero-order valence-corrected chi connectivity index (χ0v) is 9.86. The van der Waals surface area contributed by atoms with Crippen molar-refractivity contribution in [1.82, 2.24) is 4.98 Å². The Balaban J connectivity index is 2.41. The highest BCUT2D eigenvalue weighted by atomic mass is 16.5. The second kappa shape index (κ2) is 4.49. The first-order valence-corrected chi connectivity index (χ1v) is 5.60. The molecule has 0 saturated heterocycles. The predicted molar refractivity (Wildman–Crippen MR) is 65.0 cm³/mol. The number of aromatic hydroxyl groups is 1. The topological polar surface area (TPSA) is 62.3 Å². The third-order valence-corrected chi connectivity index (χ3v) is 2.80. The third-order valence-electron chi connectivity index (χ3n) is 2.80. The summed E-state index contributed by atoms with van der Waals surface area (Å²) in [4.78, 5) is 14.7. The molecule has 90 valence electrons. The molecular formula is C13H15NO3. The molecule has 0 fully saturated rings. The number of phenolic OH excluding ortho intramolecular Hbond substituents is 1. The molecular weight excluding hydrogens is 218 g/mol. The minimum absolute atomic E-state index is 0.189. The third kappa shape index (κ3) is 2.11. The van der Waals surface area contributed by atoms with Crippen molar-refractivity contribution >= 4 is 16.9 Å². The Bertz CT molecular complexity index is 545. The molecule has 0 spiro atoms. The Labute approximate surface area is 99.2 Å². The maximum atomic E-state index is 11.7. The minimum Gasteiger partial charge on any atom is -0.508 e. The molecule has 17 heavy (non-hydrogen) atoms. The number of rotatable bonds is 3. The Morgan fingerprint density at radius 1 is 1.53 bits per heavy atom. The first kappa shape index (κ1) is 11.5. The van der Waals surface area contributed by atoms with Gasteiger partial charge in [-0.05, 0) is 37.6 Å². The van der Waals surface area contributed by atoms with E-state index in [0.717, 1.165) is 16.5 Å². The first-order chi connectivity index (χ1) is 8.13. The number of carbonyl (C=O) groups excluding carboxylic acids is 1. The van der Waals surface area contributed by atoms with Crippen LogP contribution in [0.15, 0.2) is 24.4 Å². The van der Waals surface area contributed by atoms with Crippen molar-refractivity contribution in [1.29, 1.82) is 0 Å². The average Bonchev–Trinajstić information content (AvgIpc) is 2.71. The summed E-state index contributed by atoms with van der Waals surface area (Å²) >= 11 is 0. The van der Waals surface area contributed by atoms with Gasteiger partial charge in [-0.25, -0.2) is 0 Å². The number of aromatic amines is 1. The molecule has 0 aliphatic carbocycles. The van der Waals surface area contributed by atoms with Crippen LogP contribution in [0.5, 0.6) is 5.75 Å². The highest BCUT2D eigenvalue weighted by Crippen LogP contribution is 2.28. The quantitative estimate of drug-likeness (QED) is 0.801. The van der Waals surface area contributed by atoms with Gasteiger partial charge in [0.2, 0.25) is 0 Å². The summed E-state index contributed by atoms with van der Waals surface area (Å²) in [6.07, 6.45) is 1.78. The van der Waals surface area contributed by atoms with Crippen molar-refractivity contribution in [3.63, 3.8) is 0 Å². The molecule has 1 unspecified atom stereocenters. The molecule has 1 heterocycles. The van der Waals surface area contributed by atoms with Gasteiger partial charge in [-0.2, -0.15) is 0 Å². The largest absolute Gasteiger partial charge is 0.508 e. The first-order valence-electron chi connectivity index (χ1n) is 5.60. The van der Waals surface area contributed by atoms with E-state index in [-0.39, 0.29) is 17.6 Å². The van der Waals surface area contributed by atoms with Crippen LogP contribution in [-0.2, 0) is 9.53 Å². The van der Waals surface area contributed by atoms with Gasteiger partial charge in [-0.3, -0.25) is 4.79 Å². The standard InChI is InChI=1S/C13H15NO3/c1-3-17-13(16)8(2)11-7-14-12-5-4-9(15)6-10(11)12/h4-8,14-15H,3H2,1-2H3. The zero-order valence-electron chi connectivity index (χ0n) is 9.86. The van der Waals surface area contributed by atoms with Gasteiger partial charge in [0, 0.05) is 17.1 Å². The number of phenols is 1. The van der Waals surface area contributed by atoms with Gasteiger partial charge in [0.1, 0.15) is 5.75 Å². The molecule has 0 radical (unpaired) electrons. The molecule has 0 saturated carbocycles. The Morgan fingerprint density at radius 3 is 3.00 bits per heavy atom. The van der Waals surface area contributed by atoms with E-state index in [9.17, 15) is 9.90 Å². The molecule has 1 aromatic heterocycles. The van der Waals surface area contributed by atoms with Crippen molar-refractivity contribution in [2.24, 2.45) is 0 Å². The summed E-state index contributed by atoms with van der Waals surface area (Å²) in [5, 5.41) is 10.3. The van der Waals surface area contributed by atoms with Crippen LogP contribution >= 0.6 is 0 Å². The average molecular weight is 233 g/mol. The van der Waals surface area contributed by atoms with Crippen molar-refractivity contribution < 1.29 is 14.6 Å². The summed E-state index contributed by atoms with van der Waals surface area (Å²) in [5.41, 5.74) is 1.74. The van der Waals surface area contributed by atoms with Crippen LogP contribution in [-0.4, -0.2) is 22.7 Å². The van der Waals surface area contributed by atoms with E-state index >= 15 is 0 Å². The number of hydrogen-bond donors (Lipinski definition) is 2. The summed E-state index contributed by atoms with van der Waals surface area (Å²) in [7, 11) is 0. The molecule has 2 N–H and O–H groups in total. The number of fused-ring (bicyclic) bond motifs is 1. The van der Waals surface area contributed by atoms with E-state index in [1.165, 1.54) is 0 Å². The molecule has 2 rings (SSSR count). The Kier molecular flexibility index (Phi) is 3.04. The van der Waals surface area contributed by atoms with E-state index in [0.29, 0.717) is 6.61 Å². The van der Waals surface area contributed by atoms with Crippen molar-refractivity contribution in [3.05, 3.63) is 30.0 Å². The van der Waals surface area contributed by atoms with E-state index in [4.69, 9.17) is 4.74 Å². The van der Waals surface area contributed by atoms with Crippen molar-refractivity contribution in [2.45, 2.75) is 19.8 Å². The van der Waals surface area contributed by atoms with Crippen LogP contribution in [0.3, 0.4) is 0 Å². The second-order valence-electron chi connectivity index (χ2n) is 3.95. The number of H-pyrrole nitrogens is 1. The van der Waals surface area contributed by atoms with Gasteiger partial charge in [-0.1, -0.05) is 0 Å². The maximum absolute atomic E-state index is 11.7. The summed E-state index contributed by atoms with van der Waals surface area (Å²) in [6.45, 7) is 3.95. The smallest absolute Gasteiger partial charge is 0.313 e. The molecule has 1 atom stereocenters. The molecule has 0 aliphatic heterocycles. The normalized spacial score (nSPS) is 12.6. The number of carbonyl (C=O) groups is 1. The lowest BCUT2D eigenvalue weighted by Gasteiger charge is -2.09. The van der Waals surface area contributed by atoms with Gasteiger partial charge in [0.25, 0.3) is 0 Å². The van der Waals surface area contributed by atoms with Gasteiger partial charge in [0.15, 0.2) is 0 Å². The van der Waals surface area contributed by atoms with E-state index in [1.54, 1.807) is 38.2 Å². The number of hydrogen-bond acceptors (Lipinski definition) is 3. The fraction of sp³-hybridized carbons (Fsp3) is 0.308. The lowest BCUT2D eigenvalue weighted by molar-refractivity contribution is -0.144. The SMILES string of the molecule is CCOC(=O)C(C)c1c[nH]c2ccc(O)cc12. The molecule has 4 nitrogen and oxygen atoms in total. The van der Waals surface area contributed by atoms with Gasteiger partial charge < -0.3 is 14.8 Å². The predicted octanol–water partition coefficient (Wildman–Crippen LogP) is 2.54. The van der Waals surface area contributed by atoms with Crippen molar-refractivity contribution in [2.75, 3.05) is 6.61 Å². The van der Waals surface area contributed by atoms with Crippen molar-refractivity contribution in [3.8, 4) is 5.75 Å². The van der Waals surface area contributed by atoms with Crippen LogP contribution in [0.1, 0.15) is 25.3 Å². The van der Waals surface area contributed by atoms with Gasteiger partial charge in [-0.15, -0.1) is 0 Å². The maximum Gasteiger partial charge on any atom is 0.313 e. The number of ether oxygens (including phenoxy) is 1. The second-order valence-corrected chi connectivity index (χ2v) is 3.95. The molecule has 1 aromatic carbocycles. The van der Waals surface area contributed by atoms with Gasteiger partial charge >= 0.3 is 5.97 Å². The fourth-order valence-electron chi connectivity index (χ4n) is 1.88. The number of aromatic nitrogens is 1. The zero-order chi connectivity index (χ0) is 12.4.